The zero-order chi connectivity index (χ0) is 25.4. The minimum absolute atomic E-state index is 0.00990. The number of benzene rings is 2. The summed E-state index contributed by atoms with van der Waals surface area (Å²) in [5.41, 5.74) is 0.904. The van der Waals surface area contributed by atoms with E-state index >= 15 is 0 Å². The van der Waals surface area contributed by atoms with Crippen LogP contribution in [0.5, 0.6) is 23.0 Å². The van der Waals surface area contributed by atoms with E-state index in [4.69, 9.17) is 14.2 Å². The number of ketones is 1. The van der Waals surface area contributed by atoms with Crippen LogP contribution in [-0.2, 0) is 4.74 Å². The fourth-order valence-electron chi connectivity index (χ4n) is 3.30. The van der Waals surface area contributed by atoms with E-state index in [0.717, 1.165) is 0 Å². The van der Waals surface area contributed by atoms with Gasteiger partial charge >= 0.3 is 0 Å². The molecule has 0 amide bonds. The van der Waals surface area contributed by atoms with E-state index < -0.39 is 11.2 Å². The molecule has 2 aromatic carbocycles. The molecule has 0 saturated carbocycles. The molecule has 9 heteroatoms. The number of phenolic OH excluding ortho intramolecular Hbond substituents is 2. The van der Waals surface area contributed by atoms with Crippen LogP contribution < -0.4 is 20.2 Å². The molecule has 3 N–H and O–H groups in total. The van der Waals surface area contributed by atoms with Crippen molar-refractivity contribution in [1.82, 2.24) is 0 Å². The molecular weight excluding hydrogens is 470 g/mol. The Bertz CT molecular complexity index is 1280. The lowest BCUT2D eigenvalue weighted by Crippen LogP contribution is -2.17. The largest absolute Gasteiger partial charge is 0.504 e. The number of methoxy groups -OCH3 is 3. The second-order valence-electron chi connectivity index (χ2n) is 7.47. The molecule has 0 aliphatic heterocycles. The summed E-state index contributed by atoms with van der Waals surface area (Å²) < 4.78 is 15.4. The second kappa shape index (κ2) is 12.0. The van der Waals surface area contributed by atoms with Crippen molar-refractivity contribution in [2.45, 2.75) is 6.42 Å². The van der Waals surface area contributed by atoms with Crippen LogP contribution >= 0.6 is 11.3 Å². The highest BCUT2D eigenvalue weighted by atomic mass is 32.1. The number of carbonyl (C=O) groups is 1. The third kappa shape index (κ3) is 6.40. The molecule has 0 unspecified atom stereocenters. The topological polar surface area (TPSA) is 114 Å². The van der Waals surface area contributed by atoms with Gasteiger partial charge in [-0.2, -0.15) is 0 Å². The Morgan fingerprint density at radius 2 is 1.69 bits per heavy atom. The Morgan fingerprint density at radius 1 is 1.00 bits per heavy atom. The molecule has 1 heterocycles. The zero-order valence-corrected chi connectivity index (χ0v) is 20.5. The highest BCUT2D eigenvalue weighted by Gasteiger charge is 2.18. The molecule has 0 aliphatic carbocycles. The van der Waals surface area contributed by atoms with Gasteiger partial charge in [-0.25, -0.2) is 0 Å². The lowest BCUT2D eigenvalue weighted by Gasteiger charge is -2.12. The quantitative estimate of drug-likeness (QED) is 0.201. The van der Waals surface area contributed by atoms with Gasteiger partial charge in [0, 0.05) is 31.2 Å². The van der Waals surface area contributed by atoms with E-state index in [2.05, 4.69) is 5.32 Å². The highest BCUT2D eigenvalue weighted by molar-refractivity contribution is 7.19. The summed E-state index contributed by atoms with van der Waals surface area (Å²) >= 11 is 1.26. The van der Waals surface area contributed by atoms with Gasteiger partial charge in [-0.1, -0.05) is 12.1 Å². The van der Waals surface area contributed by atoms with Gasteiger partial charge in [-0.3, -0.25) is 9.59 Å². The third-order valence-electron chi connectivity index (χ3n) is 5.10. The number of hydrogen-bond acceptors (Lipinski definition) is 9. The highest BCUT2D eigenvalue weighted by Crippen LogP contribution is 2.35. The predicted octanol–water partition coefficient (Wildman–Crippen LogP) is 4.55. The molecule has 184 valence electrons. The van der Waals surface area contributed by atoms with Crippen LogP contribution in [0.2, 0.25) is 0 Å². The van der Waals surface area contributed by atoms with Gasteiger partial charge in [0.1, 0.15) is 10.6 Å². The molecule has 0 radical (unpaired) electrons. The lowest BCUT2D eigenvalue weighted by molar-refractivity contribution is 0.104. The van der Waals surface area contributed by atoms with Gasteiger partial charge in [-0.15, -0.1) is 11.3 Å². The summed E-state index contributed by atoms with van der Waals surface area (Å²) in [7, 11) is 4.49. The van der Waals surface area contributed by atoms with E-state index in [1.807, 2.05) is 0 Å². The van der Waals surface area contributed by atoms with Crippen LogP contribution in [0.15, 0.2) is 53.3 Å². The van der Waals surface area contributed by atoms with Crippen LogP contribution in [0.25, 0.3) is 16.5 Å². The van der Waals surface area contributed by atoms with Crippen molar-refractivity contribution >= 4 is 28.2 Å². The number of ether oxygens (including phenoxy) is 3. The fourth-order valence-corrected chi connectivity index (χ4v) is 4.40. The molecule has 0 bridgehead atoms. The molecule has 0 aliphatic rings. The summed E-state index contributed by atoms with van der Waals surface area (Å²) in [6, 6.07) is 10.9. The van der Waals surface area contributed by atoms with Crippen LogP contribution in [0.4, 0.5) is 5.00 Å². The molecule has 3 aromatic rings. The lowest BCUT2D eigenvalue weighted by atomic mass is 10.1. The first-order chi connectivity index (χ1) is 16.9. The second-order valence-corrected chi connectivity index (χ2v) is 8.52. The van der Waals surface area contributed by atoms with Crippen molar-refractivity contribution in [1.29, 1.82) is 0 Å². The molecule has 1 aromatic heterocycles. The average molecular weight is 498 g/mol. The first-order valence-corrected chi connectivity index (χ1v) is 11.6. The zero-order valence-electron chi connectivity index (χ0n) is 19.7. The Kier molecular flexibility index (Phi) is 8.88. The monoisotopic (exact) mass is 497 g/mol. The number of carbonyl (C=O) groups excluding carboxylic acids is 1. The van der Waals surface area contributed by atoms with Gasteiger partial charge in [0.2, 0.25) is 0 Å². The van der Waals surface area contributed by atoms with Crippen LogP contribution in [0.1, 0.15) is 22.3 Å². The number of hydrogen-bond donors (Lipinski definition) is 3. The van der Waals surface area contributed by atoms with E-state index in [-0.39, 0.29) is 28.6 Å². The Labute approximate surface area is 207 Å². The van der Waals surface area contributed by atoms with E-state index in [9.17, 15) is 19.8 Å². The maximum absolute atomic E-state index is 13.1. The third-order valence-corrected chi connectivity index (χ3v) is 6.23. The number of rotatable bonds is 11. The normalized spacial score (nSPS) is 10.9. The van der Waals surface area contributed by atoms with Crippen LogP contribution in [-0.4, -0.2) is 50.5 Å². The van der Waals surface area contributed by atoms with E-state index in [1.165, 1.54) is 49.8 Å². The van der Waals surface area contributed by atoms with Gasteiger partial charge in [0.05, 0.1) is 14.2 Å². The molecule has 3 rings (SSSR count). The number of allylic oxidation sites excluding steroid dienone is 1. The van der Waals surface area contributed by atoms with Crippen LogP contribution in [0, 0.1) is 0 Å². The van der Waals surface area contributed by atoms with Crippen LogP contribution in [0.3, 0.4) is 0 Å². The first kappa shape index (κ1) is 25.8. The van der Waals surface area contributed by atoms with Crippen molar-refractivity contribution in [3.8, 4) is 33.4 Å². The molecule has 0 saturated heterocycles. The van der Waals surface area contributed by atoms with Gasteiger partial charge in [0.25, 0.3) is 0 Å². The van der Waals surface area contributed by atoms with Crippen molar-refractivity contribution in [2.75, 3.05) is 39.8 Å². The number of nitrogens with one attached hydrogen (secondary N) is 1. The molecule has 0 spiro atoms. The summed E-state index contributed by atoms with van der Waals surface area (Å²) in [5, 5.41) is 23.3. The minimum atomic E-state index is -0.456. The van der Waals surface area contributed by atoms with Gasteiger partial charge < -0.3 is 29.7 Å². The first-order valence-electron chi connectivity index (χ1n) is 10.8. The SMILES string of the molecule is COCCCNc1sc(-c2ccc(O)c(OC)c2)cc(=O)c1C(=O)/C=C/c1ccc(O)c(OC)c1. The summed E-state index contributed by atoms with van der Waals surface area (Å²) in [4.78, 5) is 26.8. The Hall–Kier alpha value is -3.82. The van der Waals surface area contributed by atoms with E-state index in [1.54, 1.807) is 37.5 Å². The number of aromatic hydroxyl groups is 2. The number of anilines is 1. The molecule has 0 fully saturated rings. The summed E-state index contributed by atoms with van der Waals surface area (Å²) in [5.74, 6) is 0.0833. The minimum Gasteiger partial charge on any atom is -0.504 e. The standard InChI is InChI=1S/C26H27NO7S/c1-32-12-4-11-27-26-25(20(30)9-6-16-5-8-18(28)22(13-16)33-2)21(31)15-24(35-26)17-7-10-19(29)23(14-17)34-3/h5-10,13-15,27-29H,4,11-12H2,1-3H3/b9-6+. The summed E-state index contributed by atoms with van der Waals surface area (Å²) in [6.45, 7) is 1.04. The maximum Gasteiger partial charge on any atom is 0.194 e. The van der Waals surface area contributed by atoms with Crippen molar-refractivity contribution in [3.63, 3.8) is 0 Å². The fraction of sp³-hybridized carbons (Fsp3) is 0.231. The average Bonchev–Trinajstić information content (AvgIpc) is 2.86. The Morgan fingerprint density at radius 3 is 2.37 bits per heavy atom. The molecule has 35 heavy (non-hydrogen) atoms. The smallest absolute Gasteiger partial charge is 0.194 e. The summed E-state index contributed by atoms with van der Waals surface area (Å²) in [6.07, 6.45) is 3.56. The van der Waals surface area contributed by atoms with Crippen molar-refractivity contribution in [3.05, 3.63) is 69.9 Å². The molecule has 8 nitrogen and oxygen atoms in total. The maximum atomic E-state index is 13.1. The van der Waals surface area contributed by atoms with Gasteiger partial charge in [0.15, 0.2) is 34.2 Å². The number of phenols is 2. The van der Waals surface area contributed by atoms with Crippen molar-refractivity contribution < 1.29 is 29.2 Å². The van der Waals surface area contributed by atoms with Crippen molar-refractivity contribution in [2.24, 2.45) is 0 Å². The Balaban J connectivity index is 1.98. The molecule has 0 atom stereocenters. The van der Waals surface area contributed by atoms with Gasteiger partial charge in [-0.05, 0) is 54.0 Å². The van der Waals surface area contributed by atoms with E-state index in [0.29, 0.717) is 40.6 Å². The molecular formula is C26H27NO7S. The predicted molar refractivity (Wildman–Crippen MR) is 137 cm³/mol.